The minimum absolute atomic E-state index is 0.124. The van der Waals surface area contributed by atoms with E-state index in [0.29, 0.717) is 16.4 Å². The fourth-order valence-corrected chi connectivity index (χ4v) is 5.12. The van der Waals surface area contributed by atoms with Gasteiger partial charge in [0.2, 0.25) is 5.91 Å². The number of carbonyl (C=O) groups is 3. The second kappa shape index (κ2) is 12.3. The lowest BCUT2D eigenvalue weighted by Crippen LogP contribution is -2.30. The van der Waals surface area contributed by atoms with Crippen LogP contribution >= 0.6 is 34.4 Å². The molecule has 0 saturated carbocycles. The number of benzene rings is 2. The summed E-state index contributed by atoms with van der Waals surface area (Å²) in [7, 11) is 0. The Hall–Kier alpha value is -3.73. The molecular formula is C26H22N4O3S3. The van der Waals surface area contributed by atoms with Crippen molar-refractivity contribution in [2.24, 2.45) is 0 Å². The summed E-state index contributed by atoms with van der Waals surface area (Å²) in [5.41, 5.74) is 2.79. The van der Waals surface area contributed by atoms with Crippen LogP contribution in [0.25, 0.3) is 6.08 Å². The van der Waals surface area contributed by atoms with E-state index < -0.39 is 5.91 Å². The summed E-state index contributed by atoms with van der Waals surface area (Å²) in [5, 5.41) is 14.6. The van der Waals surface area contributed by atoms with Crippen LogP contribution in [0.1, 0.15) is 21.6 Å². The van der Waals surface area contributed by atoms with Gasteiger partial charge in [-0.2, -0.15) is 11.3 Å². The van der Waals surface area contributed by atoms with Crippen LogP contribution in [-0.4, -0.2) is 28.5 Å². The van der Waals surface area contributed by atoms with Crippen molar-refractivity contribution in [1.29, 1.82) is 0 Å². The summed E-state index contributed by atoms with van der Waals surface area (Å²) in [6.07, 6.45) is 1.63. The molecule has 3 amide bonds. The summed E-state index contributed by atoms with van der Waals surface area (Å²) < 4.78 is 0. The Morgan fingerprint density at radius 1 is 1.00 bits per heavy atom. The number of rotatable bonds is 9. The number of thiophene rings is 1. The molecule has 10 heteroatoms. The van der Waals surface area contributed by atoms with Gasteiger partial charge in [-0.05, 0) is 65.7 Å². The number of hydrogen-bond acceptors (Lipinski definition) is 7. The Bertz CT molecular complexity index is 1380. The molecule has 2 aromatic heterocycles. The van der Waals surface area contributed by atoms with E-state index in [1.165, 1.54) is 34.4 Å². The second-order valence-electron chi connectivity index (χ2n) is 7.55. The average molecular weight is 535 g/mol. The van der Waals surface area contributed by atoms with Crippen molar-refractivity contribution in [2.75, 3.05) is 16.4 Å². The number of amides is 3. The standard InChI is InChI=1S/C26H22N4O3S3/c1-17-14-36-26(27-17)30-23(31)16-35-21-9-5-8-20(13-21)28-25(33)22(12-18-10-11-34-15-18)29-24(32)19-6-3-2-4-7-19/h2-15H,16H2,1H3,(H,28,33)(H,29,32)(H,27,30,31)/b22-12-. The Balaban J connectivity index is 1.41. The fraction of sp³-hybridized carbons (Fsp3) is 0.0769. The lowest BCUT2D eigenvalue weighted by Gasteiger charge is -2.12. The van der Waals surface area contributed by atoms with E-state index in [4.69, 9.17) is 0 Å². The van der Waals surface area contributed by atoms with E-state index in [9.17, 15) is 14.4 Å². The van der Waals surface area contributed by atoms with E-state index in [1.54, 1.807) is 48.5 Å². The van der Waals surface area contributed by atoms with Crippen LogP contribution in [0.5, 0.6) is 0 Å². The number of aromatic nitrogens is 1. The smallest absolute Gasteiger partial charge is 0.272 e. The molecular weight excluding hydrogens is 513 g/mol. The van der Waals surface area contributed by atoms with Gasteiger partial charge in [-0.3, -0.25) is 14.4 Å². The largest absolute Gasteiger partial charge is 0.321 e. The molecule has 0 aliphatic heterocycles. The first kappa shape index (κ1) is 25.4. The number of carbonyl (C=O) groups excluding carboxylic acids is 3. The Morgan fingerprint density at radius 3 is 2.56 bits per heavy atom. The SMILES string of the molecule is Cc1csc(NC(=O)CSc2cccc(NC(=O)/C(=C/c3ccsc3)NC(=O)c3ccccc3)c2)n1. The van der Waals surface area contributed by atoms with Gasteiger partial charge in [0.25, 0.3) is 11.8 Å². The van der Waals surface area contributed by atoms with Crippen LogP contribution in [0.15, 0.2) is 87.4 Å². The maximum absolute atomic E-state index is 13.1. The van der Waals surface area contributed by atoms with Crippen LogP contribution < -0.4 is 16.0 Å². The predicted molar refractivity (Wildman–Crippen MR) is 147 cm³/mol. The Kier molecular flexibility index (Phi) is 8.66. The van der Waals surface area contributed by atoms with Crippen LogP contribution in [0.4, 0.5) is 10.8 Å². The van der Waals surface area contributed by atoms with Crippen molar-refractivity contribution in [3.8, 4) is 0 Å². The summed E-state index contributed by atoms with van der Waals surface area (Å²) >= 11 is 4.22. The number of hydrogen-bond donors (Lipinski definition) is 3. The summed E-state index contributed by atoms with van der Waals surface area (Å²) in [4.78, 5) is 43.1. The third kappa shape index (κ3) is 7.38. The van der Waals surface area contributed by atoms with E-state index in [1.807, 2.05) is 41.3 Å². The normalized spacial score (nSPS) is 11.1. The van der Waals surface area contributed by atoms with Crippen molar-refractivity contribution in [3.63, 3.8) is 0 Å². The van der Waals surface area contributed by atoms with Crippen molar-refractivity contribution in [2.45, 2.75) is 11.8 Å². The number of aryl methyl sites for hydroxylation is 1. The molecule has 0 aliphatic rings. The molecule has 182 valence electrons. The molecule has 0 aliphatic carbocycles. The molecule has 36 heavy (non-hydrogen) atoms. The van der Waals surface area contributed by atoms with Crippen molar-refractivity contribution in [1.82, 2.24) is 10.3 Å². The van der Waals surface area contributed by atoms with E-state index in [2.05, 4.69) is 20.9 Å². The third-order valence-corrected chi connectivity index (χ3v) is 7.28. The average Bonchev–Trinajstić information content (AvgIpc) is 3.54. The van der Waals surface area contributed by atoms with Gasteiger partial charge >= 0.3 is 0 Å². The van der Waals surface area contributed by atoms with Crippen LogP contribution in [0, 0.1) is 6.92 Å². The maximum atomic E-state index is 13.1. The lowest BCUT2D eigenvalue weighted by molar-refractivity contribution is -0.114. The van der Waals surface area contributed by atoms with Gasteiger partial charge in [0.15, 0.2) is 5.13 Å². The summed E-state index contributed by atoms with van der Waals surface area (Å²) in [6.45, 7) is 1.87. The Morgan fingerprint density at radius 2 is 1.83 bits per heavy atom. The number of thioether (sulfide) groups is 1. The number of nitrogens with one attached hydrogen (secondary N) is 3. The van der Waals surface area contributed by atoms with Gasteiger partial charge in [0, 0.05) is 21.5 Å². The molecule has 4 rings (SSSR count). The van der Waals surface area contributed by atoms with Crippen molar-refractivity contribution < 1.29 is 14.4 Å². The molecule has 2 aromatic carbocycles. The topological polar surface area (TPSA) is 100 Å². The zero-order chi connectivity index (χ0) is 25.3. The molecule has 4 aromatic rings. The molecule has 3 N–H and O–H groups in total. The van der Waals surface area contributed by atoms with Gasteiger partial charge in [0.1, 0.15) is 5.70 Å². The molecule has 7 nitrogen and oxygen atoms in total. The predicted octanol–water partition coefficient (Wildman–Crippen LogP) is 5.65. The molecule has 0 radical (unpaired) electrons. The van der Waals surface area contributed by atoms with Crippen molar-refractivity contribution in [3.05, 3.63) is 99.3 Å². The minimum Gasteiger partial charge on any atom is -0.321 e. The van der Waals surface area contributed by atoms with E-state index in [0.717, 1.165) is 16.2 Å². The van der Waals surface area contributed by atoms with Crippen LogP contribution in [-0.2, 0) is 9.59 Å². The number of nitrogens with zero attached hydrogens (tertiary/aromatic N) is 1. The van der Waals surface area contributed by atoms with E-state index in [-0.39, 0.29) is 23.3 Å². The Labute approximate surface area is 220 Å². The van der Waals surface area contributed by atoms with Crippen LogP contribution in [0.2, 0.25) is 0 Å². The molecule has 2 heterocycles. The maximum Gasteiger partial charge on any atom is 0.272 e. The molecule has 0 saturated heterocycles. The van der Waals surface area contributed by atoms with Gasteiger partial charge < -0.3 is 16.0 Å². The highest BCUT2D eigenvalue weighted by Gasteiger charge is 2.15. The molecule has 0 unspecified atom stereocenters. The highest BCUT2D eigenvalue weighted by molar-refractivity contribution is 8.00. The van der Waals surface area contributed by atoms with Gasteiger partial charge in [-0.25, -0.2) is 4.98 Å². The van der Waals surface area contributed by atoms with Gasteiger partial charge in [0.05, 0.1) is 11.4 Å². The molecule has 0 fully saturated rings. The quantitative estimate of drug-likeness (QED) is 0.190. The van der Waals surface area contributed by atoms with Gasteiger partial charge in [-0.15, -0.1) is 23.1 Å². The first-order valence-electron chi connectivity index (χ1n) is 10.8. The van der Waals surface area contributed by atoms with Gasteiger partial charge in [-0.1, -0.05) is 24.3 Å². The molecule has 0 atom stereocenters. The fourth-order valence-electron chi connectivity index (χ4n) is 3.04. The highest BCUT2D eigenvalue weighted by atomic mass is 32.2. The van der Waals surface area contributed by atoms with E-state index >= 15 is 0 Å². The second-order valence-corrected chi connectivity index (χ2v) is 10.2. The molecule has 0 bridgehead atoms. The first-order valence-corrected chi connectivity index (χ1v) is 13.6. The summed E-state index contributed by atoms with van der Waals surface area (Å²) in [5.74, 6) is -0.789. The summed E-state index contributed by atoms with van der Waals surface area (Å²) in [6, 6.07) is 17.8. The number of anilines is 2. The zero-order valence-corrected chi connectivity index (χ0v) is 21.6. The minimum atomic E-state index is -0.454. The number of thiazole rings is 1. The first-order chi connectivity index (χ1) is 17.5. The molecule has 0 spiro atoms. The highest BCUT2D eigenvalue weighted by Crippen LogP contribution is 2.23. The van der Waals surface area contributed by atoms with Crippen LogP contribution in [0.3, 0.4) is 0 Å². The lowest BCUT2D eigenvalue weighted by atomic mass is 10.2. The monoisotopic (exact) mass is 534 g/mol. The zero-order valence-electron chi connectivity index (χ0n) is 19.2. The van der Waals surface area contributed by atoms with Crippen molar-refractivity contribution >= 4 is 69.1 Å². The third-order valence-electron chi connectivity index (χ3n) is 4.71.